The van der Waals surface area contributed by atoms with E-state index in [0.29, 0.717) is 23.2 Å². The number of ether oxygens (including phenoxy) is 1. The summed E-state index contributed by atoms with van der Waals surface area (Å²) < 4.78 is 25.8. The summed E-state index contributed by atoms with van der Waals surface area (Å²) in [4.78, 5) is 12.5. The van der Waals surface area contributed by atoms with Crippen LogP contribution in [-0.4, -0.2) is 15.7 Å². The number of rotatable bonds is 7. The third-order valence-electron chi connectivity index (χ3n) is 4.68. The predicted molar refractivity (Wildman–Crippen MR) is 97.1 cm³/mol. The van der Waals surface area contributed by atoms with Crippen molar-refractivity contribution < 1.29 is 18.3 Å². The topological polar surface area (TPSA) is 69.3 Å². The molecule has 0 bridgehead atoms. The summed E-state index contributed by atoms with van der Waals surface area (Å²) in [5.74, 6) is 1.84. The molecule has 1 aliphatic carbocycles. The Labute approximate surface area is 155 Å². The summed E-state index contributed by atoms with van der Waals surface area (Å²) in [7, 11) is 0. The molecule has 1 saturated carbocycles. The van der Waals surface area contributed by atoms with Crippen molar-refractivity contribution >= 4 is 11.7 Å². The summed E-state index contributed by atoms with van der Waals surface area (Å²) in [6, 6.07) is 11.0. The number of nitrogens with zero attached hydrogens (tertiary/aromatic N) is 2. The number of furan rings is 1. The molecule has 1 fully saturated rings. The van der Waals surface area contributed by atoms with Gasteiger partial charge in [-0.15, -0.1) is 0 Å². The zero-order valence-electron chi connectivity index (χ0n) is 14.9. The number of benzene rings is 1. The SMILES string of the molecule is CC(C1CC1)n1nccc1NC(=O)c1ccc(COc2ccc(F)cc2)o1. The number of nitrogens with one attached hydrogen (secondary N) is 1. The summed E-state index contributed by atoms with van der Waals surface area (Å²) in [5, 5.41) is 7.17. The summed E-state index contributed by atoms with van der Waals surface area (Å²) in [6.45, 7) is 2.26. The fourth-order valence-corrected chi connectivity index (χ4v) is 2.96. The van der Waals surface area contributed by atoms with Crippen LogP contribution in [0, 0.1) is 11.7 Å². The Bertz CT molecular complexity index is 928. The van der Waals surface area contributed by atoms with Crippen molar-refractivity contribution in [3.63, 3.8) is 0 Å². The predicted octanol–water partition coefficient (Wildman–Crippen LogP) is 4.42. The molecule has 2 aromatic heterocycles. The average molecular weight is 369 g/mol. The van der Waals surface area contributed by atoms with Gasteiger partial charge in [-0.1, -0.05) is 0 Å². The number of halogens is 1. The highest BCUT2D eigenvalue weighted by atomic mass is 19.1. The van der Waals surface area contributed by atoms with Crippen LogP contribution in [0.25, 0.3) is 0 Å². The molecule has 7 heteroatoms. The first kappa shape index (κ1) is 17.3. The molecule has 0 radical (unpaired) electrons. The van der Waals surface area contributed by atoms with E-state index in [2.05, 4.69) is 17.3 Å². The van der Waals surface area contributed by atoms with Gasteiger partial charge in [0.25, 0.3) is 5.91 Å². The minimum absolute atomic E-state index is 0.148. The summed E-state index contributed by atoms with van der Waals surface area (Å²) >= 11 is 0. The van der Waals surface area contributed by atoms with Crippen LogP contribution in [0.1, 0.15) is 42.1 Å². The molecule has 0 spiro atoms. The molecule has 1 amide bonds. The van der Waals surface area contributed by atoms with E-state index in [9.17, 15) is 9.18 Å². The number of carbonyl (C=O) groups excluding carboxylic acids is 1. The number of anilines is 1. The lowest BCUT2D eigenvalue weighted by Crippen LogP contribution is -2.18. The van der Waals surface area contributed by atoms with Crippen molar-refractivity contribution in [2.24, 2.45) is 5.92 Å². The van der Waals surface area contributed by atoms with Crippen molar-refractivity contribution in [3.05, 3.63) is 66.0 Å². The van der Waals surface area contributed by atoms with Gasteiger partial charge in [0, 0.05) is 6.07 Å². The van der Waals surface area contributed by atoms with Gasteiger partial charge in [-0.25, -0.2) is 9.07 Å². The number of aromatic nitrogens is 2. The van der Waals surface area contributed by atoms with Crippen LogP contribution in [0.4, 0.5) is 10.2 Å². The Hall–Kier alpha value is -3.09. The fraction of sp³-hybridized carbons (Fsp3) is 0.300. The second-order valence-electron chi connectivity index (χ2n) is 6.70. The molecule has 1 aromatic carbocycles. The van der Waals surface area contributed by atoms with Crippen molar-refractivity contribution in [2.75, 3.05) is 5.32 Å². The zero-order valence-corrected chi connectivity index (χ0v) is 14.9. The van der Waals surface area contributed by atoms with Gasteiger partial charge in [0.05, 0.1) is 12.2 Å². The second-order valence-corrected chi connectivity index (χ2v) is 6.70. The molecule has 0 aliphatic heterocycles. The van der Waals surface area contributed by atoms with Crippen LogP contribution in [0.5, 0.6) is 5.75 Å². The van der Waals surface area contributed by atoms with E-state index in [1.165, 1.54) is 37.1 Å². The van der Waals surface area contributed by atoms with Gasteiger partial charge in [-0.2, -0.15) is 5.10 Å². The van der Waals surface area contributed by atoms with E-state index >= 15 is 0 Å². The highest BCUT2D eigenvalue weighted by Crippen LogP contribution is 2.40. The van der Waals surface area contributed by atoms with Gasteiger partial charge < -0.3 is 14.5 Å². The Kier molecular flexibility index (Phi) is 4.66. The zero-order chi connectivity index (χ0) is 18.8. The number of carbonyl (C=O) groups is 1. The molecule has 2 heterocycles. The van der Waals surface area contributed by atoms with Crippen LogP contribution >= 0.6 is 0 Å². The van der Waals surface area contributed by atoms with E-state index in [-0.39, 0.29) is 30.1 Å². The lowest BCUT2D eigenvalue weighted by atomic mass is 10.2. The van der Waals surface area contributed by atoms with Crippen molar-refractivity contribution in [3.8, 4) is 5.75 Å². The van der Waals surface area contributed by atoms with Crippen LogP contribution in [0.2, 0.25) is 0 Å². The van der Waals surface area contributed by atoms with Crippen molar-refractivity contribution in [1.82, 2.24) is 9.78 Å². The first-order valence-electron chi connectivity index (χ1n) is 8.92. The molecule has 4 rings (SSSR count). The van der Waals surface area contributed by atoms with Gasteiger partial charge in [0.15, 0.2) is 5.76 Å². The van der Waals surface area contributed by atoms with E-state index in [0.717, 1.165) is 0 Å². The highest BCUT2D eigenvalue weighted by Gasteiger charge is 2.31. The quantitative estimate of drug-likeness (QED) is 0.669. The maximum Gasteiger partial charge on any atom is 0.292 e. The molecule has 1 aliphatic rings. The van der Waals surface area contributed by atoms with E-state index < -0.39 is 0 Å². The second kappa shape index (κ2) is 7.26. The standard InChI is InChI=1S/C20H20FN3O3/c1-13(14-2-3-14)24-19(10-11-22-24)23-20(25)18-9-8-17(27-18)12-26-16-6-4-15(21)5-7-16/h4-11,13-14H,2-3,12H2,1H3,(H,23,25). The van der Waals surface area contributed by atoms with Crippen molar-refractivity contribution in [1.29, 1.82) is 0 Å². The Morgan fingerprint density at radius 3 is 2.81 bits per heavy atom. The Morgan fingerprint density at radius 2 is 2.07 bits per heavy atom. The van der Waals surface area contributed by atoms with Gasteiger partial charge in [0.1, 0.15) is 29.8 Å². The molecular weight excluding hydrogens is 349 g/mol. The number of hydrogen-bond donors (Lipinski definition) is 1. The Morgan fingerprint density at radius 1 is 1.30 bits per heavy atom. The van der Waals surface area contributed by atoms with Gasteiger partial charge in [-0.05, 0) is 62.1 Å². The maximum absolute atomic E-state index is 12.9. The lowest BCUT2D eigenvalue weighted by molar-refractivity contribution is 0.0991. The van der Waals surface area contributed by atoms with Crippen LogP contribution < -0.4 is 10.1 Å². The first-order valence-corrected chi connectivity index (χ1v) is 8.92. The molecule has 6 nitrogen and oxygen atoms in total. The number of hydrogen-bond acceptors (Lipinski definition) is 4. The van der Waals surface area contributed by atoms with Crippen molar-refractivity contribution in [2.45, 2.75) is 32.4 Å². The van der Waals surface area contributed by atoms with E-state index in [1.54, 1.807) is 24.4 Å². The van der Waals surface area contributed by atoms with Crippen LogP contribution in [0.3, 0.4) is 0 Å². The van der Waals surface area contributed by atoms with E-state index in [1.807, 2.05) is 4.68 Å². The molecule has 1 N–H and O–H groups in total. The van der Waals surface area contributed by atoms with Gasteiger partial charge in [0.2, 0.25) is 0 Å². The molecule has 0 saturated heterocycles. The maximum atomic E-state index is 12.9. The molecule has 1 atom stereocenters. The highest BCUT2D eigenvalue weighted by molar-refractivity contribution is 6.01. The van der Waals surface area contributed by atoms with Crippen LogP contribution in [0.15, 0.2) is 53.1 Å². The molecule has 140 valence electrons. The van der Waals surface area contributed by atoms with Crippen LogP contribution in [-0.2, 0) is 6.61 Å². The number of amides is 1. The summed E-state index contributed by atoms with van der Waals surface area (Å²) in [6.07, 6.45) is 4.08. The normalized spacial score (nSPS) is 14.7. The molecule has 1 unspecified atom stereocenters. The third kappa shape index (κ3) is 4.02. The minimum atomic E-state index is -0.340. The minimum Gasteiger partial charge on any atom is -0.486 e. The van der Waals surface area contributed by atoms with E-state index in [4.69, 9.17) is 9.15 Å². The average Bonchev–Trinajstić information content (AvgIpc) is 3.23. The first-order chi connectivity index (χ1) is 13.1. The molecule has 27 heavy (non-hydrogen) atoms. The lowest BCUT2D eigenvalue weighted by Gasteiger charge is -2.14. The van der Waals surface area contributed by atoms with Gasteiger partial charge in [-0.3, -0.25) is 4.79 Å². The molecule has 3 aromatic rings. The Balaban J connectivity index is 1.37. The third-order valence-corrected chi connectivity index (χ3v) is 4.68. The smallest absolute Gasteiger partial charge is 0.292 e. The fourth-order valence-electron chi connectivity index (χ4n) is 2.96. The molecular formula is C20H20FN3O3. The van der Waals surface area contributed by atoms with Gasteiger partial charge >= 0.3 is 0 Å². The largest absolute Gasteiger partial charge is 0.486 e. The monoisotopic (exact) mass is 369 g/mol. The summed E-state index contributed by atoms with van der Waals surface area (Å²) in [5.41, 5.74) is 0.